The molecule has 0 radical (unpaired) electrons. The van der Waals surface area contributed by atoms with Crippen LogP contribution in [0.2, 0.25) is 0 Å². The van der Waals surface area contributed by atoms with Crippen LogP contribution in [0.1, 0.15) is 23.2 Å². The first-order valence-electron chi connectivity index (χ1n) is 7.83. The van der Waals surface area contributed by atoms with Gasteiger partial charge < -0.3 is 26.4 Å². The maximum Gasteiger partial charge on any atom is 0.253 e. The second kappa shape index (κ2) is 10.7. The second-order valence-electron chi connectivity index (χ2n) is 5.50. The van der Waals surface area contributed by atoms with Gasteiger partial charge in [-0.2, -0.15) is 0 Å². The summed E-state index contributed by atoms with van der Waals surface area (Å²) in [4.78, 5) is 35.0. The van der Waals surface area contributed by atoms with Gasteiger partial charge in [0.25, 0.3) is 5.91 Å². The van der Waals surface area contributed by atoms with Crippen LogP contribution in [-0.4, -0.2) is 50.1 Å². The highest BCUT2D eigenvalue weighted by atomic mass is 35.5. The first-order valence-corrected chi connectivity index (χ1v) is 7.83. The fraction of sp³-hybridized carbons (Fsp3) is 0.438. The number of primary amides is 1. The molecule has 8 nitrogen and oxygen atoms in total. The van der Waals surface area contributed by atoms with Crippen LogP contribution in [0, 0.1) is 0 Å². The van der Waals surface area contributed by atoms with E-state index in [1.54, 1.807) is 24.3 Å². The van der Waals surface area contributed by atoms with E-state index in [4.69, 9.17) is 10.5 Å². The molecule has 1 unspecified atom stereocenters. The molecule has 9 heteroatoms. The Labute approximate surface area is 152 Å². The summed E-state index contributed by atoms with van der Waals surface area (Å²) >= 11 is 0. The minimum absolute atomic E-state index is 0. The summed E-state index contributed by atoms with van der Waals surface area (Å²) in [6, 6.07) is 6.67. The third-order valence-corrected chi connectivity index (χ3v) is 3.53. The molecule has 0 bridgehead atoms. The van der Waals surface area contributed by atoms with Gasteiger partial charge in [-0.3, -0.25) is 14.4 Å². The number of nitrogens with one attached hydrogen (secondary N) is 3. The van der Waals surface area contributed by atoms with Crippen molar-refractivity contribution in [2.75, 3.05) is 31.6 Å². The van der Waals surface area contributed by atoms with E-state index in [9.17, 15) is 14.4 Å². The number of carbonyl (C=O) groups is 3. The maximum absolute atomic E-state index is 12.2. The Morgan fingerprint density at radius 2 is 2.04 bits per heavy atom. The molecule has 1 aromatic carbocycles. The van der Waals surface area contributed by atoms with Crippen LogP contribution >= 0.6 is 12.4 Å². The monoisotopic (exact) mass is 370 g/mol. The lowest BCUT2D eigenvalue weighted by atomic mass is 10.1. The number of para-hydroxylation sites is 1. The molecule has 0 aliphatic carbocycles. The van der Waals surface area contributed by atoms with Crippen molar-refractivity contribution >= 4 is 35.8 Å². The van der Waals surface area contributed by atoms with Gasteiger partial charge in [0.15, 0.2) is 0 Å². The Kier molecular flexibility index (Phi) is 8.90. The van der Waals surface area contributed by atoms with E-state index < -0.39 is 5.91 Å². The quantitative estimate of drug-likeness (QED) is 0.539. The van der Waals surface area contributed by atoms with Crippen molar-refractivity contribution in [2.24, 2.45) is 5.73 Å². The normalized spacial score (nSPS) is 16.4. The summed E-state index contributed by atoms with van der Waals surface area (Å²) in [7, 11) is 0. The summed E-state index contributed by atoms with van der Waals surface area (Å²) < 4.78 is 5.31. The molecule has 5 N–H and O–H groups in total. The molecule has 1 aromatic rings. The molecule has 0 spiro atoms. The summed E-state index contributed by atoms with van der Waals surface area (Å²) in [5, 5.41) is 8.56. The Bertz CT molecular complexity index is 606. The Morgan fingerprint density at radius 3 is 2.72 bits per heavy atom. The first kappa shape index (κ1) is 20.9. The van der Waals surface area contributed by atoms with E-state index >= 15 is 0 Å². The van der Waals surface area contributed by atoms with E-state index in [-0.39, 0.29) is 49.6 Å². The number of hydrogen-bond acceptors (Lipinski definition) is 5. The van der Waals surface area contributed by atoms with Gasteiger partial charge in [0.2, 0.25) is 11.8 Å². The van der Waals surface area contributed by atoms with Crippen LogP contribution in [0.3, 0.4) is 0 Å². The highest BCUT2D eigenvalue weighted by Crippen LogP contribution is 2.15. The fourth-order valence-corrected chi connectivity index (χ4v) is 2.36. The molecule has 1 heterocycles. The summed E-state index contributed by atoms with van der Waals surface area (Å²) in [6.45, 7) is 2.01. The number of benzene rings is 1. The molecule has 0 saturated carbocycles. The van der Waals surface area contributed by atoms with E-state index in [2.05, 4.69) is 16.0 Å². The van der Waals surface area contributed by atoms with E-state index in [1.807, 2.05) is 0 Å². The van der Waals surface area contributed by atoms with Crippen LogP contribution in [-0.2, 0) is 14.3 Å². The van der Waals surface area contributed by atoms with Crippen molar-refractivity contribution in [1.82, 2.24) is 10.6 Å². The minimum atomic E-state index is -0.487. The number of rotatable bonds is 7. The SMILES string of the molecule is Cl.NC(=O)CCNC(=O)c1ccccc1NC(=O)CC1COCCN1. The summed E-state index contributed by atoms with van der Waals surface area (Å²) in [6.07, 6.45) is 0.325. The average Bonchev–Trinajstić information content (AvgIpc) is 2.55. The number of anilines is 1. The molecule has 2 rings (SSSR count). The Hall–Kier alpha value is -2.16. The van der Waals surface area contributed by atoms with Gasteiger partial charge in [-0.25, -0.2) is 0 Å². The molecule has 1 aliphatic heterocycles. The van der Waals surface area contributed by atoms with E-state index in [0.717, 1.165) is 6.54 Å². The number of amides is 3. The smallest absolute Gasteiger partial charge is 0.253 e. The van der Waals surface area contributed by atoms with Gasteiger partial charge in [-0.05, 0) is 12.1 Å². The largest absolute Gasteiger partial charge is 0.378 e. The second-order valence-corrected chi connectivity index (χ2v) is 5.50. The van der Waals surface area contributed by atoms with Crippen LogP contribution in [0.15, 0.2) is 24.3 Å². The van der Waals surface area contributed by atoms with Crippen molar-refractivity contribution in [3.05, 3.63) is 29.8 Å². The Morgan fingerprint density at radius 1 is 1.28 bits per heavy atom. The van der Waals surface area contributed by atoms with Crippen molar-refractivity contribution < 1.29 is 19.1 Å². The Balaban J connectivity index is 0.00000312. The molecule has 1 aliphatic rings. The van der Waals surface area contributed by atoms with Gasteiger partial charge in [0, 0.05) is 32.0 Å². The van der Waals surface area contributed by atoms with Gasteiger partial charge in [-0.15, -0.1) is 12.4 Å². The predicted octanol–water partition coefficient (Wildman–Crippen LogP) is 0.0306. The number of ether oxygens (including phenoxy) is 1. The van der Waals surface area contributed by atoms with Gasteiger partial charge in [-0.1, -0.05) is 12.1 Å². The minimum Gasteiger partial charge on any atom is -0.378 e. The molecular formula is C16H23ClN4O4. The van der Waals surface area contributed by atoms with Gasteiger partial charge in [0.1, 0.15) is 0 Å². The molecule has 0 aromatic heterocycles. The molecule has 1 fully saturated rings. The summed E-state index contributed by atoms with van der Waals surface area (Å²) in [5.41, 5.74) is 5.80. The van der Waals surface area contributed by atoms with Crippen molar-refractivity contribution in [3.63, 3.8) is 0 Å². The number of halogens is 1. The van der Waals surface area contributed by atoms with Gasteiger partial charge >= 0.3 is 0 Å². The van der Waals surface area contributed by atoms with Crippen LogP contribution in [0.25, 0.3) is 0 Å². The van der Waals surface area contributed by atoms with Crippen molar-refractivity contribution in [3.8, 4) is 0 Å². The molecule has 1 atom stereocenters. The zero-order chi connectivity index (χ0) is 17.4. The summed E-state index contributed by atoms with van der Waals surface area (Å²) in [5.74, 6) is -1.05. The number of hydrogen-bond donors (Lipinski definition) is 4. The van der Waals surface area contributed by atoms with E-state index in [1.165, 1.54) is 0 Å². The topological polar surface area (TPSA) is 123 Å². The first-order chi connectivity index (χ1) is 11.6. The molecule has 25 heavy (non-hydrogen) atoms. The number of nitrogens with two attached hydrogens (primary N) is 1. The lowest BCUT2D eigenvalue weighted by molar-refractivity contribution is -0.118. The maximum atomic E-state index is 12.2. The van der Waals surface area contributed by atoms with Crippen LogP contribution in [0.4, 0.5) is 5.69 Å². The number of morpholine rings is 1. The predicted molar refractivity (Wildman–Crippen MR) is 95.7 cm³/mol. The van der Waals surface area contributed by atoms with E-state index in [0.29, 0.717) is 24.5 Å². The third-order valence-electron chi connectivity index (χ3n) is 3.53. The fourth-order valence-electron chi connectivity index (χ4n) is 2.36. The van der Waals surface area contributed by atoms with Crippen molar-refractivity contribution in [2.45, 2.75) is 18.9 Å². The number of carbonyl (C=O) groups excluding carboxylic acids is 3. The van der Waals surface area contributed by atoms with Crippen LogP contribution in [0.5, 0.6) is 0 Å². The standard InChI is InChI=1S/C16H22N4O4.ClH/c17-14(21)5-6-19-16(23)12-3-1-2-4-13(12)20-15(22)9-11-10-24-8-7-18-11;/h1-4,11,18H,5-10H2,(H2,17,21)(H,19,23)(H,20,22);1H. The van der Waals surface area contributed by atoms with Crippen molar-refractivity contribution in [1.29, 1.82) is 0 Å². The highest BCUT2D eigenvalue weighted by molar-refractivity contribution is 6.03. The molecule has 3 amide bonds. The van der Waals surface area contributed by atoms with Crippen LogP contribution < -0.4 is 21.7 Å². The average molecular weight is 371 g/mol. The zero-order valence-corrected chi connectivity index (χ0v) is 14.6. The lowest BCUT2D eigenvalue weighted by Gasteiger charge is -2.23. The van der Waals surface area contributed by atoms with Gasteiger partial charge in [0.05, 0.1) is 24.5 Å². The molecule has 1 saturated heterocycles. The lowest BCUT2D eigenvalue weighted by Crippen LogP contribution is -2.43. The highest BCUT2D eigenvalue weighted by Gasteiger charge is 2.18. The molecular weight excluding hydrogens is 348 g/mol. The zero-order valence-electron chi connectivity index (χ0n) is 13.7. The molecule has 138 valence electrons. The third kappa shape index (κ3) is 7.08.